The van der Waals surface area contributed by atoms with Gasteiger partial charge in [0.05, 0.1) is 17.7 Å². The predicted octanol–water partition coefficient (Wildman–Crippen LogP) is 5.11. The number of nitrogens with zero attached hydrogens (tertiary/aromatic N) is 1. The summed E-state index contributed by atoms with van der Waals surface area (Å²) in [6.07, 6.45) is 1.89. The van der Waals surface area contributed by atoms with Crippen molar-refractivity contribution in [2.75, 3.05) is 0 Å². The first-order valence-electron chi connectivity index (χ1n) is 10.5. The van der Waals surface area contributed by atoms with Gasteiger partial charge in [-0.1, -0.05) is 42.1 Å². The van der Waals surface area contributed by atoms with Crippen LogP contribution >= 0.6 is 11.8 Å². The van der Waals surface area contributed by atoms with Gasteiger partial charge in [0.1, 0.15) is 22.5 Å². The molecule has 7 rings (SSSR count). The van der Waals surface area contributed by atoms with Crippen LogP contribution in [-0.2, 0) is 4.79 Å². The normalized spacial score (nSPS) is 25.7. The number of fused-ring (bicyclic) bond motifs is 1. The van der Waals surface area contributed by atoms with Crippen molar-refractivity contribution in [2.45, 2.75) is 30.1 Å². The third-order valence-corrected chi connectivity index (χ3v) is 7.63. The Bertz CT molecular complexity index is 1330. The van der Waals surface area contributed by atoms with Gasteiger partial charge in [-0.05, 0) is 42.5 Å². The van der Waals surface area contributed by atoms with E-state index < -0.39 is 5.25 Å². The summed E-state index contributed by atoms with van der Waals surface area (Å²) in [6, 6.07) is 19.1. The zero-order valence-electron chi connectivity index (χ0n) is 16.9. The maximum Gasteiger partial charge on any atom is 0.286 e. The minimum atomic E-state index is -0.428. The standard InChI is InChI=1S/C25H18N2O4S/c26-12-13-5-8-20(18-4-2-1-3-17(13)18)30-15-6-7-19-21(11-15)31-16-9-14(10-16)22(19)23-24(28)27-25(29)32-23/h1-8,11,14,16,22-23H,9-10H2,(H,27,28,29). The van der Waals surface area contributed by atoms with Crippen LogP contribution in [0.15, 0.2) is 54.6 Å². The lowest BCUT2D eigenvalue weighted by Crippen LogP contribution is -2.39. The number of nitriles is 1. The summed E-state index contributed by atoms with van der Waals surface area (Å²) >= 11 is 1.08. The third-order valence-electron chi connectivity index (χ3n) is 6.55. The Labute approximate surface area is 188 Å². The van der Waals surface area contributed by atoms with Gasteiger partial charge in [0.2, 0.25) is 5.91 Å². The van der Waals surface area contributed by atoms with E-state index in [2.05, 4.69) is 11.4 Å². The van der Waals surface area contributed by atoms with Gasteiger partial charge in [-0.25, -0.2) is 0 Å². The average Bonchev–Trinajstić information content (AvgIpc) is 2.94. The summed E-state index contributed by atoms with van der Waals surface area (Å²) in [5, 5.41) is 12.8. The first kappa shape index (κ1) is 19.2. The highest BCUT2D eigenvalue weighted by Gasteiger charge is 2.50. The van der Waals surface area contributed by atoms with E-state index in [0.29, 0.717) is 28.7 Å². The highest BCUT2D eigenvalue weighted by atomic mass is 32.2. The molecular formula is C25H18N2O4S. The number of ether oxygens (including phenoxy) is 2. The molecule has 2 bridgehead atoms. The molecule has 3 aliphatic heterocycles. The lowest BCUT2D eigenvalue weighted by Gasteiger charge is -2.37. The molecule has 3 heterocycles. The Morgan fingerprint density at radius 1 is 1.06 bits per heavy atom. The highest BCUT2D eigenvalue weighted by molar-refractivity contribution is 8.15. The van der Waals surface area contributed by atoms with Crippen molar-refractivity contribution in [3.8, 4) is 23.3 Å². The summed E-state index contributed by atoms with van der Waals surface area (Å²) in [5.74, 6) is 2.03. The molecule has 3 aromatic carbocycles. The number of carbonyl (C=O) groups is 2. The van der Waals surface area contributed by atoms with Gasteiger partial charge < -0.3 is 9.47 Å². The smallest absolute Gasteiger partial charge is 0.286 e. The fourth-order valence-corrected chi connectivity index (χ4v) is 6.06. The van der Waals surface area contributed by atoms with Crippen LogP contribution in [0.2, 0.25) is 0 Å². The van der Waals surface area contributed by atoms with Crippen molar-refractivity contribution >= 4 is 33.7 Å². The van der Waals surface area contributed by atoms with Gasteiger partial charge in [0.15, 0.2) is 0 Å². The second-order valence-electron chi connectivity index (χ2n) is 8.38. The molecule has 32 heavy (non-hydrogen) atoms. The fourth-order valence-electron chi connectivity index (χ4n) is 4.99. The van der Waals surface area contributed by atoms with Crippen LogP contribution in [0.1, 0.15) is 29.9 Å². The van der Waals surface area contributed by atoms with Gasteiger partial charge >= 0.3 is 0 Å². The van der Waals surface area contributed by atoms with E-state index in [4.69, 9.17) is 9.47 Å². The monoisotopic (exact) mass is 442 g/mol. The summed E-state index contributed by atoms with van der Waals surface area (Å²) < 4.78 is 12.4. The SMILES string of the molecule is N#Cc1ccc(Oc2ccc3c(c2)OC2CC(C2)C3C2SC(=O)NC2=O)c2ccccc12. The van der Waals surface area contributed by atoms with Crippen molar-refractivity contribution in [3.63, 3.8) is 0 Å². The van der Waals surface area contributed by atoms with Crippen LogP contribution < -0.4 is 14.8 Å². The molecule has 2 atom stereocenters. The second kappa shape index (κ2) is 7.28. The third kappa shape index (κ3) is 3.02. The van der Waals surface area contributed by atoms with E-state index in [0.717, 1.165) is 40.9 Å². The molecular weight excluding hydrogens is 424 g/mol. The maximum atomic E-state index is 12.4. The minimum absolute atomic E-state index is 0.0648. The van der Waals surface area contributed by atoms with Gasteiger partial charge in [-0.3, -0.25) is 14.9 Å². The van der Waals surface area contributed by atoms with Crippen molar-refractivity contribution in [2.24, 2.45) is 5.92 Å². The lowest BCUT2D eigenvalue weighted by atomic mass is 9.70. The molecule has 158 valence electrons. The van der Waals surface area contributed by atoms with Crippen molar-refractivity contribution < 1.29 is 19.1 Å². The fraction of sp³-hybridized carbons (Fsp3) is 0.240. The molecule has 0 aromatic heterocycles. The topological polar surface area (TPSA) is 88.4 Å². The molecule has 2 amide bonds. The zero-order valence-corrected chi connectivity index (χ0v) is 17.7. The number of hydrogen-bond acceptors (Lipinski definition) is 6. The summed E-state index contributed by atoms with van der Waals surface area (Å²) in [4.78, 5) is 24.2. The van der Waals surface area contributed by atoms with Gasteiger partial charge in [0.25, 0.3) is 5.24 Å². The molecule has 0 radical (unpaired) electrons. The zero-order chi connectivity index (χ0) is 21.8. The number of thioether (sulfide) groups is 1. The quantitative estimate of drug-likeness (QED) is 0.606. The predicted molar refractivity (Wildman–Crippen MR) is 120 cm³/mol. The van der Waals surface area contributed by atoms with E-state index in [9.17, 15) is 14.9 Å². The van der Waals surface area contributed by atoms with Crippen LogP contribution in [0.3, 0.4) is 0 Å². The molecule has 1 saturated carbocycles. The lowest BCUT2D eigenvalue weighted by molar-refractivity contribution is -0.119. The van der Waals surface area contributed by atoms with E-state index in [1.165, 1.54) is 0 Å². The number of benzene rings is 3. The summed E-state index contributed by atoms with van der Waals surface area (Å²) in [6.45, 7) is 0. The second-order valence-corrected chi connectivity index (χ2v) is 9.50. The first-order valence-corrected chi connectivity index (χ1v) is 11.4. The number of nitrogens with one attached hydrogen (secondary N) is 1. The Morgan fingerprint density at radius 3 is 2.62 bits per heavy atom. The number of imide groups is 1. The maximum absolute atomic E-state index is 12.4. The average molecular weight is 442 g/mol. The van der Waals surface area contributed by atoms with Crippen LogP contribution in [0.25, 0.3) is 10.8 Å². The molecule has 3 aromatic rings. The molecule has 2 unspecified atom stereocenters. The minimum Gasteiger partial charge on any atom is -0.490 e. The molecule has 0 spiro atoms. The summed E-state index contributed by atoms with van der Waals surface area (Å²) in [5.41, 5.74) is 1.55. The number of hydrogen-bond donors (Lipinski definition) is 1. The van der Waals surface area contributed by atoms with Crippen molar-refractivity contribution in [1.29, 1.82) is 5.26 Å². The molecule has 6 nitrogen and oxygen atoms in total. The molecule has 1 saturated heterocycles. The molecule has 1 aliphatic carbocycles. The van der Waals surface area contributed by atoms with E-state index in [1.807, 2.05) is 42.5 Å². The van der Waals surface area contributed by atoms with Crippen LogP contribution in [0.4, 0.5) is 4.79 Å². The van der Waals surface area contributed by atoms with Crippen molar-refractivity contribution in [3.05, 3.63) is 65.7 Å². The Morgan fingerprint density at radius 2 is 1.88 bits per heavy atom. The van der Waals surface area contributed by atoms with Gasteiger partial charge in [-0.15, -0.1) is 0 Å². The molecule has 4 aliphatic rings. The molecule has 7 heteroatoms. The number of amides is 2. The van der Waals surface area contributed by atoms with E-state index in [1.54, 1.807) is 12.1 Å². The van der Waals surface area contributed by atoms with E-state index in [-0.39, 0.29) is 23.2 Å². The molecule has 1 N–H and O–H groups in total. The van der Waals surface area contributed by atoms with E-state index >= 15 is 0 Å². The Balaban J connectivity index is 1.37. The Hall–Kier alpha value is -3.50. The van der Waals surface area contributed by atoms with Gasteiger partial charge in [-0.2, -0.15) is 5.26 Å². The van der Waals surface area contributed by atoms with Crippen LogP contribution in [-0.4, -0.2) is 22.5 Å². The summed E-state index contributed by atoms with van der Waals surface area (Å²) in [7, 11) is 0. The molecule has 2 fully saturated rings. The number of rotatable bonds is 3. The Kier molecular flexibility index (Phi) is 4.37. The largest absolute Gasteiger partial charge is 0.490 e. The first-order chi connectivity index (χ1) is 15.6. The number of carbonyl (C=O) groups excluding carboxylic acids is 2. The van der Waals surface area contributed by atoms with Crippen molar-refractivity contribution in [1.82, 2.24) is 5.32 Å². The highest BCUT2D eigenvalue weighted by Crippen LogP contribution is 2.53. The van der Waals surface area contributed by atoms with Crippen LogP contribution in [0, 0.1) is 17.2 Å². The van der Waals surface area contributed by atoms with Gasteiger partial charge in [0, 0.05) is 22.8 Å². The van der Waals surface area contributed by atoms with Crippen LogP contribution in [0.5, 0.6) is 17.2 Å².